The van der Waals surface area contributed by atoms with E-state index in [1.165, 1.54) is 0 Å². The standard InChI is InChI=1S/C10H3BrCl3FN2/c11-6-3-4(12)1-2-5(6)10-16-8(13)7(15)9(14)17-10/h1-3H. The van der Waals surface area contributed by atoms with Gasteiger partial charge in [0, 0.05) is 15.1 Å². The maximum absolute atomic E-state index is 13.2. The predicted octanol–water partition coefficient (Wildman–Crippen LogP) is 5.01. The number of nitrogens with zero attached hydrogens (tertiary/aromatic N) is 2. The quantitative estimate of drug-likeness (QED) is 0.672. The molecule has 0 atom stereocenters. The second kappa shape index (κ2) is 5.06. The summed E-state index contributed by atoms with van der Waals surface area (Å²) in [6.45, 7) is 0. The van der Waals surface area contributed by atoms with E-state index in [0.717, 1.165) is 0 Å². The Balaban J connectivity index is 2.61. The Hall–Kier alpha value is -0.420. The predicted molar refractivity (Wildman–Crippen MR) is 70.2 cm³/mol. The second-order valence-corrected chi connectivity index (χ2v) is 5.07. The average Bonchev–Trinajstić information content (AvgIpc) is 2.25. The summed E-state index contributed by atoms with van der Waals surface area (Å²) in [6.07, 6.45) is 0. The molecule has 7 heteroatoms. The molecule has 0 bridgehead atoms. The molecule has 0 N–H and O–H groups in total. The highest BCUT2D eigenvalue weighted by molar-refractivity contribution is 9.10. The molecule has 17 heavy (non-hydrogen) atoms. The van der Waals surface area contributed by atoms with Crippen LogP contribution in [0, 0.1) is 5.82 Å². The number of hydrogen-bond acceptors (Lipinski definition) is 2. The van der Waals surface area contributed by atoms with Gasteiger partial charge in [0.05, 0.1) is 0 Å². The molecule has 0 saturated heterocycles. The smallest absolute Gasteiger partial charge is 0.197 e. The minimum atomic E-state index is -0.831. The summed E-state index contributed by atoms with van der Waals surface area (Å²) in [6, 6.07) is 5.02. The van der Waals surface area contributed by atoms with Gasteiger partial charge in [-0.1, -0.05) is 34.8 Å². The third-order valence-corrected chi connectivity index (χ3v) is 3.33. The highest BCUT2D eigenvalue weighted by atomic mass is 79.9. The van der Waals surface area contributed by atoms with Gasteiger partial charge >= 0.3 is 0 Å². The van der Waals surface area contributed by atoms with Gasteiger partial charge in [-0.15, -0.1) is 0 Å². The Morgan fingerprint density at radius 2 is 1.65 bits per heavy atom. The monoisotopic (exact) mass is 354 g/mol. The van der Waals surface area contributed by atoms with Gasteiger partial charge in [-0.2, -0.15) is 0 Å². The van der Waals surface area contributed by atoms with Crippen molar-refractivity contribution in [1.29, 1.82) is 0 Å². The van der Waals surface area contributed by atoms with Gasteiger partial charge in [0.15, 0.2) is 21.9 Å². The second-order valence-electron chi connectivity index (χ2n) is 3.07. The van der Waals surface area contributed by atoms with Crippen molar-refractivity contribution in [1.82, 2.24) is 9.97 Å². The average molecular weight is 356 g/mol. The lowest BCUT2D eigenvalue weighted by Crippen LogP contribution is -1.95. The van der Waals surface area contributed by atoms with Gasteiger partial charge in [0.25, 0.3) is 0 Å². The molecular weight excluding hydrogens is 353 g/mol. The van der Waals surface area contributed by atoms with Gasteiger partial charge in [0.1, 0.15) is 0 Å². The molecular formula is C10H3BrCl3FN2. The van der Waals surface area contributed by atoms with E-state index >= 15 is 0 Å². The largest absolute Gasteiger partial charge is 0.213 e. The van der Waals surface area contributed by atoms with E-state index in [0.29, 0.717) is 15.1 Å². The Morgan fingerprint density at radius 3 is 2.18 bits per heavy atom. The molecule has 0 aliphatic rings. The molecule has 0 fully saturated rings. The highest BCUT2D eigenvalue weighted by Crippen LogP contribution is 2.31. The summed E-state index contributed by atoms with van der Waals surface area (Å²) in [5.74, 6) is -0.605. The van der Waals surface area contributed by atoms with Crippen LogP contribution < -0.4 is 0 Å². The SMILES string of the molecule is Fc1c(Cl)nc(-c2ccc(Cl)cc2Br)nc1Cl. The maximum atomic E-state index is 13.2. The van der Waals surface area contributed by atoms with Gasteiger partial charge in [-0.25, -0.2) is 14.4 Å². The Labute approximate surface area is 120 Å². The van der Waals surface area contributed by atoms with Crippen molar-refractivity contribution in [2.45, 2.75) is 0 Å². The highest BCUT2D eigenvalue weighted by Gasteiger charge is 2.14. The fourth-order valence-corrected chi connectivity index (χ4v) is 2.43. The van der Waals surface area contributed by atoms with Gasteiger partial charge in [0.2, 0.25) is 0 Å². The van der Waals surface area contributed by atoms with Crippen molar-refractivity contribution >= 4 is 50.7 Å². The van der Waals surface area contributed by atoms with Gasteiger partial charge in [-0.3, -0.25) is 0 Å². The zero-order valence-corrected chi connectivity index (χ0v) is 11.9. The summed E-state index contributed by atoms with van der Waals surface area (Å²) < 4.78 is 13.8. The number of benzene rings is 1. The van der Waals surface area contributed by atoms with E-state index in [9.17, 15) is 4.39 Å². The third kappa shape index (κ3) is 2.71. The van der Waals surface area contributed by atoms with Crippen LogP contribution in [-0.2, 0) is 0 Å². The number of hydrogen-bond donors (Lipinski definition) is 0. The van der Waals surface area contributed by atoms with Crippen molar-refractivity contribution in [3.63, 3.8) is 0 Å². The van der Waals surface area contributed by atoms with E-state index in [2.05, 4.69) is 25.9 Å². The first-order valence-corrected chi connectivity index (χ1v) is 6.25. The van der Waals surface area contributed by atoms with E-state index in [-0.39, 0.29) is 16.1 Å². The Bertz CT molecular complexity index is 569. The molecule has 0 aliphatic heterocycles. The lowest BCUT2D eigenvalue weighted by molar-refractivity contribution is 0.615. The lowest BCUT2D eigenvalue weighted by Gasteiger charge is -2.05. The van der Waals surface area contributed by atoms with Crippen LogP contribution in [0.4, 0.5) is 4.39 Å². The topological polar surface area (TPSA) is 25.8 Å². The van der Waals surface area contributed by atoms with E-state index in [4.69, 9.17) is 34.8 Å². The molecule has 1 heterocycles. The van der Waals surface area contributed by atoms with Crippen LogP contribution in [0.1, 0.15) is 0 Å². The molecule has 0 saturated carbocycles. The van der Waals surface area contributed by atoms with Crippen LogP contribution >= 0.6 is 50.7 Å². The summed E-state index contributed by atoms with van der Waals surface area (Å²) in [5.41, 5.74) is 0.623. The molecule has 2 rings (SSSR count). The third-order valence-electron chi connectivity index (χ3n) is 1.94. The van der Waals surface area contributed by atoms with Crippen molar-refractivity contribution in [3.8, 4) is 11.4 Å². The molecule has 1 aromatic carbocycles. The summed E-state index contributed by atoms with van der Waals surface area (Å²) >= 11 is 20.3. The summed E-state index contributed by atoms with van der Waals surface area (Å²) in [4.78, 5) is 7.63. The number of aromatic nitrogens is 2. The lowest BCUT2D eigenvalue weighted by atomic mass is 10.2. The molecule has 2 aromatic rings. The first kappa shape index (κ1) is 13.0. The van der Waals surface area contributed by atoms with E-state index in [1.807, 2.05) is 0 Å². The zero-order valence-electron chi connectivity index (χ0n) is 8.02. The first-order chi connectivity index (χ1) is 7.99. The van der Waals surface area contributed by atoms with Crippen molar-refractivity contribution < 1.29 is 4.39 Å². The molecule has 1 aromatic heterocycles. The molecule has 0 radical (unpaired) electrons. The number of halogens is 5. The molecule has 0 spiro atoms. The summed E-state index contributed by atoms with van der Waals surface area (Å²) in [5, 5.41) is -0.0800. The van der Waals surface area contributed by atoms with Crippen molar-refractivity contribution in [2.24, 2.45) is 0 Å². The van der Waals surface area contributed by atoms with Gasteiger partial charge in [-0.05, 0) is 34.1 Å². The minimum absolute atomic E-state index is 0.227. The molecule has 2 nitrogen and oxygen atoms in total. The van der Waals surface area contributed by atoms with Crippen LogP contribution in [-0.4, -0.2) is 9.97 Å². The molecule has 0 aliphatic carbocycles. The van der Waals surface area contributed by atoms with Crippen LogP contribution in [0.3, 0.4) is 0 Å². The maximum Gasteiger partial charge on any atom is 0.197 e. The van der Waals surface area contributed by atoms with Crippen LogP contribution in [0.5, 0.6) is 0 Å². The van der Waals surface area contributed by atoms with Crippen molar-refractivity contribution in [3.05, 3.63) is 43.8 Å². The Kier molecular flexibility index (Phi) is 3.88. The Morgan fingerprint density at radius 1 is 1.06 bits per heavy atom. The molecule has 88 valence electrons. The van der Waals surface area contributed by atoms with Crippen molar-refractivity contribution in [2.75, 3.05) is 0 Å². The van der Waals surface area contributed by atoms with E-state index < -0.39 is 5.82 Å². The minimum Gasteiger partial charge on any atom is -0.213 e. The zero-order chi connectivity index (χ0) is 12.6. The normalized spacial score (nSPS) is 10.6. The van der Waals surface area contributed by atoms with Crippen LogP contribution in [0.15, 0.2) is 22.7 Å². The number of rotatable bonds is 1. The molecule has 0 amide bonds. The fraction of sp³-hybridized carbons (Fsp3) is 0. The van der Waals surface area contributed by atoms with E-state index in [1.54, 1.807) is 18.2 Å². The van der Waals surface area contributed by atoms with Crippen LogP contribution in [0.25, 0.3) is 11.4 Å². The fourth-order valence-electron chi connectivity index (χ4n) is 1.19. The first-order valence-electron chi connectivity index (χ1n) is 4.33. The van der Waals surface area contributed by atoms with Gasteiger partial charge < -0.3 is 0 Å². The molecule has 0 unspecified atom stereocenters. The van der Waals surface area contributed by atoms with Crippen LogP contribution in [0.2, 0.25) is 15.3 Å². The summed E-state index contributed by atoms with van der Waals surface area (Å²) in [7, 11) is 0.